The quantitative estimate of drug-likeness (QED) is 0.646. The highest BCUT2D eigenvalue weighted by molar-refractivity contribution is 5.73. The molecule has 0 saturated heterocycles. The van der Waals surface area contributed by atoms with Gasteiger partial charge in [-0.2, -0.15) is 0 Å². The van der Waals surface area contributed by atoms with Crippen LogP contribution < -0.4 is 0 Å². The summed E-state index contributed by atoms with van der Waals surface area (Å²) in [5.74, 6) is -0.164. The van der Waals surface area contributed by atoms with Crippen molar-refractivity contribution in [3.63, 3.8) is 0 Å². The first kappa shape index (κ1) is 13.8. The Kier molecular flexibility index (Phi) is 4.04. The molecular formula is C18H21F. The van der Waals surface area contributed by atoms with Crippen molar-refractivity contribution in [2.45, 2.75) is 40.5 Å². The molecule has 0 bridgehead atoms. The molecule has 0 saturated carbocycles. The molecule has 1 aromatic rings. The van der Waals surface area contributed by atoms with Crippen LogP contribution in [-0.2, 0) is 0 Å². The minimum absolute atomic E-state index is 0.164. The zero-order chi connectivity index (χ0) is 14.0. The van der Waals surface area contributed by atoms with Crippen LogP contribution in [0.1, 0.15) is 44.7 Å². The highest BCUT2D eigenvalue weighted by Crippen LogP contribution is 2.31. The molecule has 19 heavy (non-hydrogen) atoms. The van der Waals surface area contributed by atoms with Crippen molar-refractivity contribution in [3.8, 4) is 0 Å². The van der Waals surface area contributed by atoms with Crippen molar-refractivity contribution in [3.05, 3.63) is 64.0 Å². The number of hydrogen-bond donors (Lipinski definition) is 0. The van der Waals surface area contributed by atoms with Gasteiger partial charge >= 0.3 is 0 Å². The summed E-state index contributed by atoms with van der Waals surface area (Å²) in [6, 6.07) is 5.04. The number of allylic oxidation sites excluding steroid dienone is 6. The Labute approximate surface area is 115 Å². The summed E-state index contributed by atoms with van der Waals surface area (Å²) >= 11 is 0. The molecule has 0 N–H and O–H groups in total. The van der Waals surface area contributed by atoms with Gasteiger partial charge in [-0.1, -0.05) is 18.2 Å². The highest BCUT2D eigenvalue weighted by atomic mass is 19.1. The summed E-state index contributed by atoms with van der Waals surface area (Å²) in [4.78, 5) is 0. The second kappa shape index (κ2) is 5.56. The number of hydrogen-bond acceptors (Lipinski definition) is 0. The van der Waals surface area contributed by atoms with Crippen LogP contribution in [0, 0.1) is 12.7 Å². The predicted octanol–water partition coefficient (Wildman–Crippen LogP) is 5.59. The van der Waals surface area contributed by atoms with Crippen LogP contribution in [0.5, 0.6) is 0 Å². The molecule has 0 unspecified atom stereocenters. The fraction of sp³-hybridized carbons (Fsp3) is 0.333. The maximum absolute atomic E-state index is 13.2. The van der Waals surface area contributed by atoms with Gasteiger partial charge in [0.1, 0.15) is 5.82 Å². The first-order chi connectivity index (χ1) is 9.00. The molecule has 0 nitrogen and oxygen atoms in total. The van der Waals surface area contributed by atoms with Crippen molar-refractivity contribution in [1.82, 2.24) is 0 Å². The van der Waals surface area contributed by atoms with E-state index in [9.17, 15) is 4.39 Å². The molecule has 1 aromatic carbocycles. The summed E-state index contributed by atoms with van der Waals surface area (Å²) in [5.41, 5.74) is 7.51. The number of rotatable bonds is 2. The Bertz CT molecular complexity index is 586. The van der Waals surface area contributed by atoms with Crippen LogP contribution in [0.3, 0.4) is 0 Å². The van der Waals surface area contributed by atoms with Gasteiger partial charge in [-0.25, -0.2) is 4.39 Å². The summed E-state index contributed by atoms with van der Waals surface area (Å²) in [7, 11) is 0. The fourth-order valence-electron chi connectivity index (χ4n) is 2.74. The highest BCUT2D eigenvalue weighted by Gasteiger charge is 2.11. The van der Waals surface area contributed by atoms with Crippen LogP contribution in [0.15, 0.2) is 47.1 Å². The standard InChI is InChI=1S/C18H21F/c1-12-7-5-6-8-17(12)14(3)15(4)18-10-9-16(19)11-13(18)2/h5,7,9-11H,6,8H2,1-4H3/b15-14+. The average molecular weight is 256 g/mol. The van der Waals surface area contributed by atoms with Crippen LogP contribution >= 0.6 is 0 Å². The Morgan fingerprint density at radius 2 is 1.84 bits per heavy atom. The van der Waals surface area contributed by atoms with Crippen LogP contribution in [-0.4, -0.2) is 0 Å². The summed E-state index contributed by atoms with van der Waals surface area (Å²) < 4.78 is 13.2. The molecular weight excluding hydrogens is 235 g/mol. The van der Waals surface area contributed by atoms with Gasteiger partial charge < -0.3 is 0 Å². The van der Waals surface area contributed by atoms with Gasteiger partial charge in [-0.3, -0.25) is 0 Å². The molecule has 0 atom stereocenters. The van der Waals surface area contributed by atoms with Crippen molar-refractivity contribution in [2.75, 3.05) is 0 Å². The molecule has 1 aliphatic rings. The molecule has 100 valence electrons. The van der Waals surface area contributed by atoms with Gasteiger partial charge in [0.15, 0.2) is 0 Å². The Hall–Kier alpha value is -1.63. The summed E-state index contributed by atoms with van der Waals surface area (Å²) in [6.07, 6.45) is 6.64. The monoisotopic (exact) mass is 256 g/mol. The minimum atomic E-state index is -0.164. The van der Waals surface area contributed by atoms with Crippen LogP contribution in [0.4, 0.5) is 4.39 Å². The molecule has 2 rings (SSSR count). The van der Waals surface area contributed by atoms with E-state index in [1.165, 1.54) is 22.3 Å². The predicted molar refractivity (Wildman–Crippen MR) is 80.5 cm³/mol. The Balaban J connectivity index is 2.49. The van der Waals surface area contributed by atoms with Gasteiger partial charge in [-0.05, 0) is 86.1 Å². The molecule has 0 amide bonds. The molecule has 0 radical (unpaired) electrons. The second-order valence-electron chi connectivity index (χ2n) is 5.31. The lowest BCUT2D eigenvalue weighted by Crippen LogP contribution is -1.98. The van der Waals surface area contributed by atoms with Gasteiger partial charge in [0.25, 0.3) is 0 Å². The van der Waals surface area contributed by atoms with E-state index in [-0.39, 0.29) is 5.82 Å². The van der Waals surface area contributed by atoms with E-state index in [1.54, 1.807) is 12.1 Å². The van der Waals surface area contributed by atoms with Crippen molar-refractivity contribution in [2.24, 2.45) is 0 Å². The average Bonchev–Trinajstić information content (AvgIpc) is 2.38. The molecule has 0 fully saturated rings. The molecule has 1 heteroatoms. The van der Waals surface area contributed by atoms with E-state index in [1.807, 2.05) is 13.0 Å². The third kappa shape index (κ3) is 2.86. The SMILES string of the molecule is CC1=C(/C(C)=C(\C)c2ccc(F)cc2C)CCC=C1. The van der Waals surface area contributed by atoms with E-state index >= 15 is 0 Å². The molecule has 0 spiro atoms. The van der Waals surface area contributed by atoms with Gasteiger partial charge in [-0.15, -0.1) is 0 Å². The number of aryl methyl sites for hydroxylation is 1. The third-order valence-corrected chi connectivity index (χ3v) is 4.01. The number of benzene rings is 1. The minimum Gasteiger partial charge on any atom is -0.207 e. The van der Waals surface area contributed by atoms with E-state index in [4.69, 9.17) is 0 Å². The van der Waals surface area contributed by atoms with E-state index in [0.29, 0.717) is 0 Å². The molecule has 1 aliphatic carbocycles. The lowest BCUT2D eigenvalue weighted by Gasteiger charge is -2.18. The second-order valence-corrected chi connectivity index (χ2v) is 5.31. The topological polar surface area (TPSA) is 0 Å². The molecule has 0 heterocycles. The van der Waals surface area contributed by atoms with Gasteiger partial charge in [0.2, 0.25) is 0 Å². The van der Waals surface area contributed by atoms with E-state index in [2.05, 4.69) is 32.9 Å². The normalized spacial score (nSPS) is 16.7. The van der Waals surface area contributed by atoms with Crippen molar-refractivity contribution in [1.29, 1.82) is 0 Å². The fourth-order valence-corrected chi connectivity index (χ4v) is 2.74. The van der Waals surface area contributed by atoms with E-state index in [0.717, 1.165) is 24.0 Å². The smallest absolute Gasteiger partial charge is 0.123 e. The van der Waals surface area contributed by atoms with Crippen LogP contribution in [0.2, 0.25) is 0 Å². The lowest BCUT2D eigenvalue weighted by molar-refractivity contribution is 0.626. The maximum atomic E-state index is 13.2. The molecule has 0 aromatic heterocycles. The summed E-state index contributed by atoms with van der Waals surface area (Å²) in [5, 5.41) is 0. The Morgan fingerprint density at radius 3 is 2.47 bits per heavy atom. The third-order valence-electron chi connectivity index (χ3n) is 4.01. The first-order valence-electron chi connectivity index (χ1n) is 6.81. The molecule has 0 aliphatic heterocycles. The maximum Gasteiger partial charge on any atom is 0.123 e. The zero-order valence-corrected chi connectivity index (χ0v) is 12.2. The van der Waals surface area contributed by atoms with Crippen molar-refractivity contribution >= 4 is 5.57 Å². The van der Waals surface area contributed by atoms with Crippen molar-refractivity contribution < 1.29 is 4.39 Å². The van der Waals surface area contributed by atoms with Crippen LogP contribution in [0.25, 0.3) is 5.57 Å². The van der Waals surface area contributed by atoms with E-state index < -0.39 is 0 Å². The zero-order valence-electron chi connectivity index (χ0n) is 12.2. The van der Waals surface area contributed by atoms with Gasteiger partial charge in [0.05, 0.1) is 0 Å². The summed E-state index contributed by atoms with van der Waals surface area (Å²) in [6.45, 7) is 8.45. The lowest BCUT2D eigenvalue weighted by atomic mass is 9.88. The van der Waals surface area contributed by atoms with Gasteiger partial charge in [0, 0.05) is 0 Å². The first-order valence-corrected chi connectivity index (χ1v) is 6.81. The number of halogens is 1. The Morgan fingerprint density at radius 1 is 1.11 bits per heavy atom. The largest absolute Gasteiger partial charge is 0.207 e.